The van der Waals surface area contributed by atoms with E-state index < -0.39 is 12.1 Å². The van der Waals surface area contributed by atoms with Gasteiger partial charge in [-0.2, -0.15) is 0 Å². The predicted octanol–water partition coefficient (Wildman–Crippen LogP) is 5.43. The number of carbonyl (C=O) groups is 1. The molecule has 3 N–H and O–H groups in total. The Labute approximate surface area is 225 Å². The zero-order valence-electron chi connectivity index (χ0n) is 23.1. The van der Waals surface area contributed by atoms with Gasteiger partial charge in [-0.15, -0.1) is 0 Å². The van der Waals surface area contributed by atoms with Crippen LogP contribution in [0.15, 0.2) is 60.7 Å². The smallest absolute Gasteiger partial charge is 0.335 e. The van der Waals surface area contributed by atoms with Crippen LogP contribution in [0.1, 0.15) is 53.9 Å². The molecule has 0 heterocycles. The molecule has 0 saturated heterocycles. The Bertz CT molecular complexity index is 1220. The zero-order chi connectivity index (χ0) is 27.9. The van der Waals surface area contributed by atoms with Crippen molar-refractivity contribution in [2.75, 3.05) is 27.4 Å². The fourth-order valence-electron chi connectivity index (χ4n) is 4.53. The molecule has 0 spiro atoms. The van der Waals surface area contributed by atoms with Crippen molar-refractivity contribution in [3.63, 3.8) is 0 Å². The van der Waals surface area contributed by atoms with E-state index in [0.29, 0.717) is 17.7 Å². The van der Waals surface area contributed by atoms with E-state index in [1.54, 1.807) is 27.2 Å². The molecule has 0 aliphatic rings. The second-order valence-electron chi connectivity index (χ2n) is 10.2. The van der Waals surface area contributed by atoms with Crippen molar-refractivity contribution in [1.82, 2.24) is 5.32 Å². The zero-order valence-corrected chi connectivity index (χ0v) is 23.1. The highest BCUT2D eigenvalue weighted by Crippen LogP contribution is 2.31. The number of aliphatic hydroxyl groups excluding tert-OH is 1. The summed E-state index contributed by atoms with van der Waals surface area (Å²) in [5, 5.41) is 23.4. The van der Waals surface area contributed by atoms with E-state index in [9.17, 15) is 15.0 Å². The van der Waals surface area contributed by atoms with Crippen molar-refractivity contribution < 1.29 is 29.2 Å². The summed E-state index contributed by atoms with van der Waals surface area (Å²) in [6.07, 6.45) is -0.240. The van der Waals surface area contributed by atoms with Gasteiger partial charge in [0.25, 0.3) is 0 Å². The van der Waals surface area contributed by atoms with Crippen LogP contribution < -0.4 is 14.8 Å². The Balaban J connectivity index is 1.59. The molecule has 0 aliphatic carbocycles. The van der Waals surface area contributed by atoms with Crippen molar-refractivity contribution in [2.24, 2.45) is 0 Å². The van der Waals surface area contributed by atoms with E-state index in [4.69, 9.17) is 14.2 Å². The maximum Gasteiger partial charge on any atom is 0.335 e. The van der Waals surface area contributed by atoms with Crippen molar-refractivity contribution in [2.45, 2.75) is 51.9 Å². The minimum atomic E-state index is -0.937. The second kappa shape index (κ2) is 12.9. The second-order valence-corrected chi connectivity index (χ2v) is 10.2. The average molecular weight is 522 g/mol. The van der Waals surface area contributed by atoms with Gasteiger partial charge in [0, 0.05) is 18.2 Å². The molecule has 3 aromatic carbocycles. The number of aromatic carboxylic acids is 1. The largest absolute Gasteiger partial charge is 0.497 e. The third-order valence-corrected chi connectivity index (χ3v) is 6.58. The van der Waals surface area contributed by atoms with Crippen LogP contribution in [0.5, 0.6) is 11.5 Å². The van der Waals surface area contributed by atoms with Crippen molar-refractivity contribution >= 4 is 5.97 Å². The number of aliphatic hydroxyl groups is 1. The van der Waals surface area contributed by atoms with E-state index in [1.807, 2.05) is 61.5 Å². The summed E-state index contributed by atoms with van der Waals surface area (Å²) in [7, 11) is 3.27. The molecule has 3 aromatic rings. The van der Waals surface area contributed by atoms with Crippen LogP contribution in [0.3, 0.4) is 0 Å². The standard InChI is InChI=1S/C31H39NO6/c1-20-13-23(11-12-27(20)30(34)35)29-10-8-7-9-28(29)21(2)38-19-24(33)18-32-31(3,4)17-22-14-25(36-5)16-26(15-22)37-6/h7-16,21,24,32-33H,17-19H2,1-6H3,(H,34,35)/t21?,24-/m0/s1. The van der Waals surface area contributed by atoms with Gasteiger partial charge in [-0.3, -0.25) is 0 Å². The van der Waals surface area contributed by atoms with E-state index in [-0.39, 0.29) is 18.2 Å². The summed E-state index contributed by atoms with van der Waals surface area (Å²) in [4.78, 5) is 11.4. The third kappa shape index (κ3) is 7.81. The molecule has 0 saturated carbocycles. The van der Waals surface area contributed by atoms with E-state index in [1.165, 1.54) is 0 Å². The molecule has 204 valence electrons. The molecular formula is C31H39NO6. The molecular weight excluding hydrogens is 482 g/mol. The highest BCUT2D eigenvalue weighted by molar-refractivity contribution is 5.90. The summed E-state index contributed by atoms with van der Waals surface area (Å²) >= 11 is 0. The minimum absolute atomic E-state index is 0.169. The lowest BCUT2D eigenvalue weighted by atomic mass is 9.94. The van der Waals surface area contributed by atoms with Crippen LogP contribution in [-0.4, -0.2) is 55.2 Å². The van der Waals surface area contributed by atoms with Crippen LogP contribution in [-0.2, 0) is 11.2 Å². The fourth-order valence-corrected chi connectivity index (χ4v) is 4.53. The quantitative estimate of drug-likeness (QED) is 0.276. The molecule has 0 amide bonds. The van der Waals surface area contributed by atoms with Crippen molar-refractivity contribution in [3.8, 4) is 22.6 Å². The van der Waals surface area contributed by atoms with E-state index in [0.717, 1.165) is 40.2 Å². The van der Waals surface area contributed by atoms with Gasteiger partial charge in [0.1, 0.15) is 11.5 Å². The van der Waals surface area contributed by atoms with Crippen molar-refractivity contribution in [3.05, 3.63) is 82.9 Å². The molecule has 7 nitrogen and oxygen atoms in total. The number of methoxy groups -OCH3 is 2. The third-order valence-electron chi connectivity index (χ3n) is 6.58. The highest BCUT2D eigenvalue weighted by Gasteiger charge is 2.21. The van der Waals surface area contributed by atoms with Crippen LogP contribution in [0.25, 0.3) is 11.1 Å². The number of benzene rings is 3. The highest BCUT2D eigenvalue weighted by atomic mass is 16.5. The Hall–Kier alpha value is -3.39. The van der Waals surface area contributed by atoms with E-state index >= 15 is 0 Å². The van der Waals surface area contributed by atoms with Gasteiger partial charge in [0.2, 0.25) is 0 Å². The first-order valence-corrected chi connectivity index (χ1v) is 12.7. The number of hydrogen-bond donors (Lipinski definition) is 3. The molecule has 1 unspecified atom stereocenters. The van der Waals surface area contributed by atoms with Gasteiger partial charge < -0.3 is 29.7 Å². The van der Waals surface area contributed by atoms with Crippen LogP contribution in [0.2, 0.25) is 0 Å². The number of β-amino-alcohol motifs (C(OH)–C–C–N with tert-alkyl or cyclic N) is 1. The maximum absolute atomic E-state index is 11.4. The fraction of sp³-hybridized carbons (Fsp3) is 0.387. The molecule has 0 bridgehead atoms. The molecule has 0 aliphatic heterocycles. The molecule has 0 radical (unpaired) electrons. The van der Waals surface area contributed by atoms with Gasteiger partial charge in [-0.05, 0) is 80.1 Å². The Morgan fingerprint density at radius 2 is 1.66 bits per heavy atom. The summed E-state index contributed by atoms with van der Waals surface area (Å²) in [6, 6.07) is 19.0. The average Bonchev–Trinajstić information content (AvgIpc) is 2.89. The molecule has 7 heteroatoms. The lowest BCUT2D eigenvalue weighted by Gasteiger charge is -2.29. The SMILES string of the molecule is COc1cc(CC(C)(C)NC[C@H](O)COC(C)c2ccccc2-c2ccc(C(=O)O)c(C)c2)cc(OC)c1. The number of carboxylic acid groups (broad SMARTS) is 1. The predicted molar refractivity (Wildman–Crippen MR) is 149 cm³/mol. The Morgan fingerprint density at radius 1 is 1.00 bits per heavy atom. The molecule has 0 aromatic heterocycles. The molecule has 0 fully saturated rings. The number of carboxylic acids is 1. The topological polar surface area (TPSA) is 97.2 Å². The molecule has 3 rings (SSSR count). The first kappa shape index (κ1) is 29.2. The first-order valence-electron chi connectivity index (χ1n) is 12.7. The van der Waals surface area contributed by atoms with Gasteiger partial charge in [-0.25, -0.2) is 4.79 Å². The molecule has 38 heavy (non-hydrogen) atoms. The summed E-state index contributed by atoms with van der Waals surface area (Å²) < 4.78 is 16.8. The number of aryl methyl sites for hydroxylation is 1. The van der Waals surface area contributed by atoms with Gasteiger partial charge in [0.15, 0.2) is 0 Å². The Kier molecular flexibility index (Phi) is 9.91. The number of nitrogens with one attached hydrogen (secondary N) is 1. The number of ether oxygens (including phenoxy) is 3. The molecule has 2 atom stereocenters. The normalized spacial score (nSPS) is 13.1. The monoisotopic (exact) mass is 521 g/mol. The van der Waals surface area contributed by atoms with Crippen LogP contribution in [0, 0.1) is 6.92 Å². The van der Waals surface area contributed by atoms with Gasteiger partial charge in [0.05, 0.1) is 38.6 Å². The summed E-state index contributed by atoms with van der Waals surface area (Å²) in [6.45, 7) is 8.47. The minimum Gasteiger partial charge on any atom is -0.497 e. The lowest BCUT2D eigenvalue weighted by molar-refractivity contribution is -0.00397. The van der Waals surface area contributed by atoms with Crippen molar-refractivity contribution in [1.29, 1.82) is 0 Å². The first-order chi connectivity index (χ1) is 18.0. The Morgan fingerprint density at radius 3 is 2.26 bits per heavy atom. The van der Waals surface area contributed by atoms with Crippen LogP contribution in [0.4, 0.5) is 0 Å². The number of hydrogen-bond acceptors (Lipinski definition) is 6. The number of rotatable bonds is 13. The summed E-state index contributed by atoms with van der Waals surface area (Å²) in [5.74, 6) is 0.546. The summed E-state index contributed by atoms with van der Waals surface area (Å²) in [5.41, 5.74) is 4.66. The van der Waals surface area contributed by atoms with E-state index in [2.05, 4.69) is 19.2 Å². The maximum atomic E-state index is 11.4. The van der Waals surface area contributed by atoms with Crippen LogP contribution >= 0.6 is 0 Å². The van der Waals surface area contributed by atoms with Gasteiger partial charge in [-0.1, -0.05) is 36.4 Å². The van der Waals surface area contributed by atoms with Gasteiger partial charge >= 0.3 is 5.97 Å². The lowest BCUT2D eigenvalue weighted by Crippen LogP contribution is -2.46.